The molecule has 54 valence electrons. The zero-order valence-corrected chi connectivity index (χ0v) is 6.92. The maximum atomic E-state index is 11.1. The summed E-state index contributed by atoms with van der Waals surface area (Å²) < 4.78 is 11.1. The average molecular weight is 163 g/mol. The van der Waals surface area contributed by atoms with E-state index in [1.165, 1.54) is 11.1 Å². The second-order valence-corrected chi connectivity index (χ2v) is 4.04. The number of fused-ring (bicyclic) bond motifs is 1. The van der Waals surface area contributed by atoms with Gasteiger partial charge in [-0.2, -0.15) is 0 Å². The van der Waals surface area contributed by atoms with E-state index < -0.39 is 7.80 Å². The Labute approximate surface area is 66.5 Å². The summed E-state index contributed by atoms with van der Waals surface area (Å²) in [4.78, 5) is 0. The molecule has 2 rings (SSSR count). The van der Waals surface area contributed by atoms with Crippen molar-refractivity contribution in [3.63, 3.8) is 0 Å². The second kappa shape index (κ2) is 2.60. The molecule has 1 aromatic carbocycles. The molecule has 11 heavy (non-hydrogen) atoms. The molecule has 0 amide bonds. The lowest BCUT2D eigenvalue weighted by Crippen LogP contribution is -1.87. The van der Waals surface area contributed by atoms with Crippen LogP contribution in [0, 0.1) is 0 Å². The van der Waals surface area contributed by atoms with Gasteiger partial charge in [0.25, 0.3) is 0 Å². The van der Waals surface area contributed by atoms with Crippen molar-refractivity contribution in [1.82, 2.24) is 0 Å². The third kappa shape index (κ3) is 1.24. The second-order valence-electron chi connectivity index (χ2n) is 2.59. The van der Waals surface area contributed by atoms with E-state index in [4.69, 9.17) is 0 Å². The van der Waals surface area contributed by atoms with E-state index in [1.54, 1.807) is 5.82 Å². The van der Waals surface area contributed by atoms with Gasteiger partial charge in [-0.1, -0.05) is 28.8 Å². The molecule has 0 bridgehead atoms. The predicted octanol–water partition coefficient (Wildman–Crippen LogP) is 3.00. The summed E-state index contributed by atoms with van der Waals surface area (Å²) in [5.74, 6) is 1.79. The first-order valence-electron chi connectivity index (χ1n) is 3.56. The van der Waals surface area contributed by atoms with Crippen molar-refractivity contribution in [3.8, 4) is 0 Å². The minimum absolute atomic E-state index is 0.710. The van der Waals surface area contributed by atoms with Crippen LogP contribution in [0.4, 0.5) is 0 Å². The Kier molecular flexibility index (Phi) is 1.59. The smallest absolute Gasteiger partial charge is 0.0684 e. The van der Waals surface area contributed by atoms with Gasteiger partial charge >= 0.3 is 7.80 Å². The molecule has 1 atom stereocenters. The molecule has 1 nitrogen and oxygen atoms in total. The van der Waals surface area contributed by atoms with Crippen LogP contribution >= 0.6 is 7.80 Å². The highest BCUT2D eigenvalue weighted by molar-refractivity contribution is 7.47. The molecule has 0 saturated carbocycles. The van der Waals surface area contributed by atoms with Gasteiger partial charge in [0.15, 0.2) is 12.0 Å². The number of rotatable bonds is 0. The molecule has 0 fully saturated rings. The van der Waals surface area contributed by atoms with Gasteiger partial charge in [0.2, 0.25) is 0 Å². The van der Waals surface area contributed by atoms with Gasteiger partial charge < -0.3 is 0 Å². The minimum Gasteiger partial charge on any atom is -0.0684 e. The molecule has 0 aromatic heterocycles. The molecule has 2 heteroatoms. The van der Waals surface area contributed by atoms with E-state index in [0.717, 1.165) is 0 Å². The Morgan fingerprint density at radius 1 is 1.27 bits per heavy atom. The van der Waals surface area contributed by atoms with E-state index in [9.17, 15) is 4.57 Å². The maximum Gasteiger partial charge on any atom is 0.373 e. The fourth-order valence-electron chi connectivity index (χ4n) is 1.22. The first-order valence-corrected chi connectivity index (χ1v) is 5.07. The molecule has 0 aliphatic carbocycles. The first kappa shape index (κ1) is 6.75. The van der Waals surface area contributed by atoms with Gasteiger partial charge in [-0.05, 0) is 11.6 Å². The Morgan fingerprint density at radius 3 is 3.00 bits per heavy atom. The van der Waals surface area contributed by atoms with Crippen molar-refractivity contribution < 1.29 is 4.57 Å². The average Bonchev–Trinajstić information content (AvgIpc) is 2.04. The third-order valence-electron chi connectivity index (χ3n) is 1.80. The number of benzene rings is 1. The van der Waals surface area contributed by atoms with E-state index in [0.29, 0.717) is 6.16 Å². The van der Waals surface area contributed by atoms with Crippen molar-refractivity contribution >= 4 is 13.9 Å². The molecule has 1 aliphatic heterocycles. The maximum absolute atomic E-state index is 11.1. The molecule has 1 heterocycles. The van der Waals surface area contributed by atoms with Crippen LogP contribution < -0.4 is 0 Å². The van der Waals surface area contributed by atoms with E-state index in [2.05, 4.69) is 0 Å². The summed E-state index contributed by atoms with van der Waals surface area (Å²) in [6.07, 6.45) is 2.65. The van der Waals surface area contributed by atoms with Gasteiger partial charge in [-0.3, -0.25) is 0 Å². The van der Waals surface area contributed by atoms with Crippen molar-refractivity contribution in [1.29, 1.82) is 0 Å². The summed E-state index contributed by atoms with van der Waals surface area (Å²) in [5.41, 5.74) is 2.42. The summed E-state index contributed by atoms with van der Waals surface area (Å²) in [7, 11) is -1.11. The van der Waals surface area contributed by atoms with E-state index in [1.807, 2.05) is 30.3 Å². The molecule has 0 radical (unpaired) electrons. The molecule has 1 unspecified atom stereocenters. The Bertz CT molecular complexity index is 328. The zero-order chi connectivity index (χ0) is 7.68. The van der Waals surface area contributed by atoms with Gasteiger partial charge in [0, 0.05) is 5.56 Å². The van der Waals surface area contributed by atoms with Gasteiger partial charge in [0.1, 0.15) is 0 Å². The Hall–Kier alpha value is -0.940. The van der Waals surface area contributed by atoms with Crippen molar-refractivity contribution in [3.05, 3.63) is 41.2 Å². The minimum atomic E-state index is -1.11. The quantitative estimate of drug-likeness (QED) is 0.537. The monoisotopic (exact) mass is 163 g/mol. The van der Waals surface area contributed by atoms with Crippen LogP contribution in [0.2, 0.25) is 0 Å². The molecule has 0 saturated heterocycles. The summed E-state index contributed by atoms with van der Waals surface area (Å²) in [6.45, 7) is 0. The highest BCUT2D eigenvalue weighted by Gasteiger charge is 2.18. The summed E-state index contributed by atoms with van der Waals surface area (Å²) in [5, 5.41) is 0. The zero-order valence-electron chi connectivity index (χ0n) is 6.03. The Balaban J connectivity index is 2.54. The van der Waals surface area contributed by atoms with Crippen LogP contribution in [0.5, 0.6) is 0 Å². The standard InChI is InChI=1S/C9H8OP/c10-11-6-5-8-3-1-2-4-9(8)7-11/h1-6H,7H2/q+1. The van der Waals surface area contributed by atoms with Crippen molar-refractivity contribution in [2.24, 2.45) is 0 Å². The van der Waals surface area contributed by atoms with Crippen LogP contribution in [-0.2, 0) is 10.7 Å². The van der Waals surface area contributed by atoms with Gasteiger partial charge in [-0.15, -0.1) is 0 Å². The number of hydrogen-bond acceptors (Lipinski definition) is 1. The molecule has 0 N–H and O–H groups in total. The third-order valence-corrected chi connectivity index (χ3v) is 2.94. The normalized spacial score (nSPS) is 18.0. The van der Waals surface area contributed by atoms with Crippen LogP contribution in [-0.4, -0.2) is 0 Å². The molecule has 1 aromatic rings. The molecular weight excluding hydrogens is 155 g/mol. The van der Waals surface area contributed by atoms with Crippen LogP contribution in [0.1, 0.15) is 11.1 Å². The van der Waals surface area contributed by atoms with Crippen LogP contribution in [0.25, 0.3) is 6.08 Å². The lowest BCUT2D eigenvalue weighted by Gasteiger charge is -2.00. The fourth-order valence-corrected chi connectivity index (χ4v) is 2.28. The van der Waals surface area contributed by atoms with E-state index >= 15 is 0 Å². The van der Waals surface area contributed by atoms with E-state index in [-0.39, 0.29) is 0 Å². The highest BCUT2D eigenvalue weighted by Crippen LogP contribution is 2.35. The van der Waals surface area contributed by atoms with Crippen LogP contribution in [0.3, 0.4) is 0 Å². The fraction of sp³-hybridized carbons (Fsp3) is 0.111. The lowest BCUT2D eigenvalue weighted by atomic mass is 10.1. The topological polar surface area (TPSA) is 17.1 Å². The SMILES string of the molecule is O=[P+]1C=Cc2ccccc2C1. The highest BCUT2D eigenvalue weighted by atomic mass is 31.1. The predicted molar refractivity (Wildman–Crippen MR) is 46.8 cm³/mol. The summed E-state index contributed by atoms with van der Waals surface area (Å²) >= 11 is 0. The van der Waals surface area contributed by atoms with Crippen molar-refractivity contribution in [2.45, 2.75) is 6.16 Å². The molecule has 0 spiro atoms. The van der Waals surface area contributed by atoms with Gasteiger partial charge in [0.05, 0.1) is 0 Å². The molecule has 1 aliphatic rings. The lowest BCUT2D eigenvalue weighted by molar-refractivity contribution is 0.592. The van der Waals surface area contributed by atoms with Crippen molar-refractivity contribution in [2.75, 3.05) is 0 Å². The number of hydrogen-bond donors (Lipinski definition) is 0. The Morgan fingerprint density at radius 2 is 2.09 bits per heavy atom. The largest absolute Gasteiger partial charge is 0.373 e. The van der Waals surface area contributed by atoms with Gasteiger partial charge in [-0.25, -0.2) is 0 Å². The first-order chi connectivity index (χ1) is 5.36. The summed E-state index contributed by atoms with van der Waals surface area (Å²) in [6, 6.07) is 8.07. The van der Waals surface area contributed by atoms with Crippen LogP contribution in [0.15, 0.2) is 30.1 Å². The molecular formula is C9H8OP+.